The van der Waals surface area contributed by atoms with E-state index >= 15 is 0 Å². The number of hydrogen-bond donors (Lipinski definition) is 3. The highest BCUT2D eigenvalue weighted by Gasteiger charge is 2.10. The maximum absolute atomic E-state index is 11.9. The first-order chi connectivity index (χ1) is 10.0. The zero-order chi connectivity index (χ0) is 15.2. The summed E-state index contributed by atoms with van der Waals surface area (Å²) in [6.45, 7) is 3.59. The Morgan fingerprint density at radius 2 is 2.19 bits per heavy atom. The molecule has 2 aromatic rings. The molecule has 0 aliphatic carbocycles. The lowest BCUT2D eigenvalue weighted by atomic mass is 10.2. The van der Waals surface area contributed by atoms with Gasteiger partial charge in [-0.05, 0) is 24.6 Å². The number of carbonyl (C=O) groups excluding carboxylic acids is 1. The van der Waals surface area contributed by atoms with Crippen molar-refractivity contribution < 1.29 is 9.69 Å². The number of thiazole rings is 1. The van der Waals surface area contributed by atoms with Gasteiger partial charge in [-0.2, -0.15) is 0 Å². The zero-order valence-corrected chi connectivity index (χ0v) is 13.4. The minimum atomic E-state index is -0.121. The second kappa shape index (κ2) is 7.19. The molecule has 1 amide bonds. The Bertz CT molecular complexity index is 609. The molecule has 5 nitrogen and oxygen atoms in total. The summed E-state index contributed by atoms with van der Waals surface area (Å²) in [4.78, 5) is 17.6. The molecule has 0 aliphatic heterocycles. The predicted octanol–water partition coefficient (Wildman–Crippen LogP) is 1.07. The van der Waals surface area contributed by atoms with Crippen molar-refractivity contribution in [2.75, 3.05) is 32.5 Å². The van der Waals surface area contributed by atoms with Crippen LogP contribution in [-0.2, 0) is 0 Å². The molecule has 1 aromatic carbocycles. The first kappa shape index (κ1) is 15.5. The maximum atomic E-state index is 11.9. The van der Waals surface area contributed by atoms with Gasteiger partial charge in [-0.1, -0.05) is 12.1 Å². The Labute approximate surface area is 129 Å². The molecule has 1 heterocycles. The molecule has 21 heavy (non-hydrogen) atoms. The number of nitrogens with zero attached hydrogens (tertiary/aromatic N) is 1. The van der Waals surface area contributed by atoms with E-state index in [4.69, 9.17) is 0 Å². The summed E-state index contributed by atoms with van der Waals surface area (Å²) in [5, 5.41) is 8.59. The van der Waals surface area contributed by atoms with Gasteiger partial charge in [0, 0.05) is 11.1 Å². The summed E-state index contributed by atoms with van der Waals surface area (Å²) >= 11 is 1.43. The van der Waals surface area contributed by atoms with E-state index in [2.05, 4.69) is 29.7 Å². The average Bonchev–Trinajstić information content (AvgIpc) is 2.87. The van der Waals surface area contributed by atoms with E-state index in [0.717, 1.165) is 17.4 Å². The molecular weight excluding hydrogens is 284 g/mol. The van der Waals surface area contributed by atoms with E-state index in [1.165, 1.54) is 21.8 Å². The fourth-order valence-corrected chi connectivity index (χ4v) is 2.51. The molecule has 3 N–H and O–H groups in total. The van der Waals surface area contributed by atoms with Crippen molar-refractivity contribution in [1.29, 1.82) is 0 Å². The molecule has 2 rings (SSSR count). The molecule has 1 aromatic heterocycles. The number of nitrogens with one attached hydrogen (secondary N) is 3. The van der Waals surface area contributed by atoms with Crippen LogP contribution >= 0.6 is 11.3 Å². The Kier molecular flexibility index (Phi) is 5.30. The third-order valence-electron chi connectivity index (χ3n) is 2.92. The first-order valence-corrected chi connectivity index (χ1v) is 7.79. The number of aryl methyl sites for hydroxylation is 1. The van der Waals surface area contributed by atoms with Crippen molar-refractivity contribution in [3.05, 3.63) is 40.9 Å². The molecule has 6 heteroatoms. The fraction of sp³-hybridized carbons (Fsp3) is 0.333. The number of quaternary nitrogens is 1. The number of amides is 1. The molecule has 0 atom stereocenters. The van der Waals surface area contributed by atoms with Crippen LogP contribution in [0.25, 0.3) is 0 Å². The van der Waals surface area contributed by atoms with Crippen LogP contribution in [0.3, 0.4) is 0 Å². The summed E-state index contributed by atoms with van der Waals surface area (Å²) in [6.07, 6.45) is 0. The fourth-order valence-electron chi connectivity index (χ4n) is 1.80. The van der Waals surface area contributed by atoms with Gasteiger partial charge in [-0.25, -0.2) is 4.98 Å². The lowest BCUT2D eigenvalue weighted by Crippen LogP contribution is -3.06. The number of likely N-dealkylation sites (N-methyl/N-ethyl adjacent to an activating group) is 1. The number of carbonyl (C=O) groups is 1. The maximum Gasteiger partial charge on any atom is 0.271 e. The first-order valence-electron chi connectivity index (χ1n) is 6.91. The van der Waals surface area contributed by atoms with Crippen molar-refractivity contribution in [2.45, 2.75) is 6.92 Å². The lowest BCUT2D eigenvalue weighted by molar-refractivity contribution is -0.856. The van der Waals surface area contributed by atoms with Gasteiger partial charge in [-0.15, -0.1) is 11.3 Å². The van der Waals surface area contributed by atoms with Gasteiger partial charge < -0.3 is 15.5 Å². The summed E-state index contributed by atoms with van der Waals surface area (Å²) in [7, 11) is 4.11. The van der Waals surface area contributed by atoms with Crippen molar-refractivity contribution in [2.24, 2.45) is 0 Å². The molecule has 0 saturated carbocycles. The third kappa shape index (κ3) is 4.84. The van der Waals surface area contributed by atoms with Crippen LogP contribution < -0.4 is 15.5 Å². The number of rotatable bonds is 6. The van der Waals surface area contributed by atoms with E-state index in [1.54, 1.807) is 5.38 Å². The van der Waals surface area contributed by atoms with Crippen LogP contribution in [0.5, 0.6) is 0 Å². The number of hydrogen-bond acceptors (Lipinski definition) is 4. The van der Waals surface area contributed by atoms with Gasteiger partial charge >= 0.3 is 0 Å². The minimum Gasteiger partial charge on any atom is -0.345 e. The van der Waals surface area contributed by atoms with Crippen molar-refractivity contribution in [1.82, 2.24) is 10.3 Å². The summed E-state index contributed by atoms with van der Waals surface area (Å²) in [5.41, 5.74) is 2.62. The normalized spacial score (nSPS) is 10.7. The molecule has 0 bridgehead atoms. The topological polar surface area (TPSA) is 58.5 Å². The second-order valence-corrected chi connectivity index (χ2v) is 6.10. The van der Waals surface area contributed by atoms with Crippen molar-refractivity contribution in [3.8, 4) is 0 Å². The van der Waals surface area contributed by atoms with E-state index in [9.17, 15) is 4.79 Å². The molecule has 112 valence electrons. The Morgan fingerprint density at radius 3 is 2.90 bits per heavy atom. The highest BCUT2D eigenvalue weighted by molar-refractivity contribution is 7.14. The predicted molar refractivity (Wildman–Crippen MR) is 86.6 cm³/mol. The van der Waals surface area contributed by atoms with E-state index in [1.807, 2.05) is 31.2 Å². The van der Waals surface area contributed by atoms with E-state index in [0.29, 0.717) is 12.2 Å². The Hall–Kier alpha value is -1.92. The van der Waals surface area contributed by atoms with E-state index in [-0.39, 0.29) is 5.91 Å². The van der Waals surface area contributed by atoms with Crippen LogP contribution in [-0.4, -0.2) is 38.1 Å². The Morgan fingerprint density at radius 1 is 1.38 bits per heavy atom. The van der Waals surface area contributed by atoms with Crippen molar-refractivity contribution in [3.63, 3.8) is 0 Å². The largest absolute Gasteiger partial charge is 0.345 e. The average molecular weight is 305 g/mol. The molecular formula is C15H21N4OS+. The van der Waals surface area contributed by atoms with Gasteiger partial charge in [0.25, 0.3) is 5.91 Å². The van der Waals surface area contributed by atoms with Crippen LogP contribution in [0.15, 0.2) is 29.6 Å². The van der Waals surface area contributed by atoms with Gasteiger partial charge in [0.05, 0.1) is 27.2 Å². The van der Waals surface area contributed by atoms with Gasteiger partial charge in [0.1, 0.15) is 5.69 Å². The zero-order valence-electron chi connectivity index (χ0n) is 12.6. The van der Waals surface area contributed by atoms with E-state index < -0.39 is 0 Å². The molecule has 0 aliphatic rings. The minimum absolute atomic E-state index is 0.121. The Balaban J connectivity index is 1.93. The molecule has 0 saturated heterocycles. The SMILES string of the molecule is Cc1cccc(Nc2nc(C(=O)NCC[NH+](C)C)cs2)c1. The third-order valence-corrected chi connectivity index (χ3v) is 3.67. The summed E-state index contributed by atoms with van der Waals surface area (Å²) in [5.74, 6) is -0.121. The highest BCUT2D eigenvalue weighted by Crippen LogP contribution is 2.21. The molecule has 0 fully saturated rings. The monoisotopic (exact) mass is 305 g/mol. The van der Waals surface area contributed by atoms with Crippen LogP contribution in [0.4, 0.5) is 10.8 Å². The highest BCUT2D eigenvalue weighted by atomic mass is 32.1. The number of benzene rings is 1. The van der Waals surface area contributed by atoms with Crippen LogP contribution in [0, 0.1) is 6.92 Å². The van der Waals surface area contributed by atoms with Crippen LogP contribution in [0.1, 0.15) is 16.1 Å². The molecule has 0 radical (unpaired) electrons. The molecule has 0 unspecified atom stereocenters. The second-order valence-electron chi connectivity index (χ2n) is 5.25. The summed E-state index contributed by atoms with van der Waals surface area (Å²) in [6, 6.07) is 8.05. The number of anilines is 2. The van der Waals surface area contributed by atoms with Gasteiger partial charge in [0.15, 0.2) is 5.13 Å². The van der Waals surface area contributed by atoms with Crippen LogP contribution in [0.2, 0.25) is 0 Å². The molecule has 0 spiro atoms. The standard InChI is InChI=1S/C15H20N4OS/c1-11-5-4-6-12(9-11)17-15-18-13(10-21-15)14(20)16-7-8-19(2)3/h4-6,9-10H,7-8H2,1-3H3,(H,16,20)(H,17,18)/p+1. The lowest BCUT2D eigenvalue weighted by Gasteiger charge is -2.07. The summed E-state index contributed by atoms with van der Waals surface area (Å²) < 4.78 is 0. The van der Waals surface area contributed by atoms with Gasteiger partial charge in [0.2, 0.25) is 0 Å². The van der Waals surface area contributed by atoms with Gasteiger partial charge in [-0.3, -0.25) is 4.79 Å². The quantitative estimate of drug-likeness (QED) is 0.748. The number of aromatic nitrogens is 1. The smallest absolute Gasteiger partial charge is 0.271 e. The van der Waals surface area contributed by atoms with Crippen molar-refractivity contribution >= 4 is 28.1 Å².